The zero-order valence-corrected chi connectivity index (χ0v) is 22.1. The predicted molar refractivity (Wildman–Crippen MR) is 143 cm³/mol. The third kappa shape index (κ3) is 5.84. The molecular formula is C26H19BrClN3O7. The topological polar surface area (TPSA) is 128 Å². The fraction of sp³-hybridized carbons (Fsp3) is 0.115. The van der Waals surface area contributed by atoms with E-state index in [-0.39, 0.29) is 30.2 Å². The minimum absolute atomic E-state index is 0.0276. The SMILES string of the molecule is CCOc1cc(/C=C2\C(=O)NC(=O)N(c3ccc(Cl)cc3)C2=O)cc(Br)c1OCc1cccc([N+](=O)[O-])c1. The fourth-order valence-corrected chi connectivity index (χ4v) is 4.34. The number of benzene rings is 3. The van der Waals surface area contributed by atoms with Crippen LogP contribution in [-0.2, 0) is 16.2 Å². The molecule has 1 N–H and O–H groups in total. The lowest BCUT2D eigenvalue weighted by atomic mass is 10.1. The molecule has 1 heterocycles. The van der Waals surface area contributed by atoms with Crippen LogP contribution in [0.25, 0.3) is 6.08 Å². The summed E-state index contributed by atoms with van der Waals surface area (Å²) >= 11 is 9.34. The molecule has 0 unspecified atom stereocenters. The number of carbonyl (C=O) groups is 3. The third-order valence-electron chi connectivity index (χ3n) is 5.33. The number of nitrogens with one attached hydrogen (secondary N) is 1. The van der Waals surface area contributed by atoms with Gasteiger partial charge in [0.25, 0.3) is 17.5 Å². The Morgan fingerprint density at radius 1 is 1.08 bits per heavy atom. The van der Waals surface area contributed by atoms with Gasteiger partial charge in [0.1, 0.15) is 12.2 Å². The monoisotopic (exact) mass is 599 g/mol. The second-order valence-electron chi connectivity index (χ2n) is 7.91. The van der Waals surface area contributed by atoms with Gasteiger partial charge in [-0.25, -0.2) is 9.69 Å². The molecule has 1 saturated heterocycles. The summed E-state index contributed by atoms with van der Waals surface area (Å²) in [6, 6.07) is 14.4. The van der Waals surface area contributed by atoms with Crippen LogP contribution in [0.4, 0.5) is 16.2 Å². The normalized spacial score (nSPS) is 14.4. The van der Waals surface area contributed by atoms with E-state index in [1.54, 1.807) is 31.2 Å². The number of hydrogen-bond donors (Lipinski definition) is 1. The van der Waals surface area contributed by atoms with Gasteiger partial charge in [0.05, 0.1) is 21.7 Å². The maximum absolute atomic E-state index is 13.2. The van der Waals surface area contributed by atoms with E-state index in [9.17, 15) is 24.5 Å². The zero-order valence-electron chi connectivity index (χ0n) is 19.8. The molecule has 0 aromatic heterocycles. The molecule has 4 amide bonds. The summed E-state index contributed by atoms with van der Waals surface area (Å²) in [5.41, 5.74) is 0.928. The van der Waals surface area contributed by atoms with Gasteiger partial charge in [0, 0.05) is 17.2 Å². The molecule has 1 aliphatic rings. The van der Waals surface area contributed by atoms with Crippen LogP contribution in [0.1, 0.15) is 18.1 Å². The Labute approximate surface area is 230 Å². The molecule has 1 fully saturated rings. The molecule has 0 atom stereocenters. The number of amides is 4. The Morgan fingerprint density at radius 3 is 2.50 bits per heavy atom. The van der Waals surface area contributed by atoms with E-state index < -0.39 is 22.8 Å². The quantitative estimate of drug-likeness (QED) is 0.153. The van der Waals surface area contributed by atoms with Crippen LogP contribution in [0.15, 0.2) is 70.7 Å². The first-order valence-electron chi connectivity index (χ1n) is 11.2. The highest BCUT2D eigenvalue weighted by Gasteiger charge is 2.36. The molecule has 0 saturated carbocycles. The molecule has 0 aliphatic carbocycles. The number of anilines is 1. The summed E-state index contributed by atoms with van der Waals surface area (Å²) < 4.78 is 12.1. The smallest absolute Gasteiger partial charge is 0.335 e. The van der Waals surface area contributed by atoms with E-state index in [2.05, 4.69) is 21.2 Å². The molecule has 1 aliphatic heterocycles. The van der Waals surface area contributed by atoms with Crippen LogP contribution in [0.3, 0.4) is 0 Å². The number of halogens is 2. The highest BCUT2D eigenvalue weighted by Crippen LogP contribution is 2.38. The summed E-state index contributed by atoms with van der Waals surface area (Å²) in [7, 11) is 0. The second-order valence-corrected chi connectivity index (χ2v) is 9.20. The van der Waals surface area contributed by atoms with Crippen LogP contribution in [0.5, 0.6) is 11.5 Å². The minimum atomic E-state index is -0.874. The van der Waals surface area contributed by atoms with Crippen LogP contribution < -0.4 is 19.7 Å². The maximum Gasteiger partial charge on any atom is 0.335 e. The number of nitro groups is 1. The van der Waals surface area contributed by atoms with E-state index in [1.165, 1.54) is 42.5 Å². The first kappa shape index (κ1) is 26.8. The minimum Gasteiger partial charge on any atom is -0.490 e. The van der Waals surface area contributed by atoms with Gasteiger partial charge in [-0.05, 0) is 76.5 Å². The Balaban J connectivity index is 1.64. The van der Waals surface area contributed by atoms with Crippen molar-refractivity contribution in [2.45, 2.75) is 13.5 Å². The number of non-ortho nitro benzene ring substituents is 1. The number of hydrogen-bond acceptors (Lipinski definition) is 7. The highest BCUT2D eigenvalue weighted by atomic mass is 79.9. The molecule has 3 aromatic carbocycles. The van der Waals surface area contributed by atoms with Gasteiger partial charge in [-0.3, -0.25) is 25.0 Å². The third-order valence-corrected chi connectivity index (χ3v) is 6.17. The number of nitrogens with zero attached hydrogens (tertiary/aromatic N) is 2. The number of ether oxygens (including phenoxy) is 2. The molecule has 0 radical (unpaired) electrons. The summed E-state index contributed by atoms with van der Waals surface area (Å²) in [5, 5.41) is 13.6. The Hall–Kier alpha value is -4.22. The number of urea groups is 1. The number of rotatable bonds is 8. The summed E-state index contributed by atoms with van der Waals surface area (Å²) in [6.07, 6.45) is 1.34. The molecule has 194 valence electrons. The van der Waals surface area contributed by atoms with Crippen molar-refractivity contribution in [3.05, 3.63) is 97.0 Å². The van der Waals surface area contributed by atoms with Gasteiger partial charge in [0.15, 0.2) is 11.5 Å². The lowest BCUT2D eigenvalue weighted by Crippen LogP contribution is -2.54. The Kier molecular flexibility index (Phi) is 8.08. The average Bonchev–Trinajstić information content (AvgIpc) is 2.87. The molecule has 4 rings (SSSR count). The largest absolute Gasteiger partial charge is 0.490 e. The predicted octanol–water partition coefficient (Wildman–Crippen LogP) is 5.65. The van der Waals surface area contributed by atoms with Crippen LogP contribution in [0, 0.1) is 10.1 Å². The van der Waals surface area contributed by atoms with Crippen molar-refractivity contribution >= 4 is 62.8 Å². The summed E-state index contributed by atoms with van der Waals surface area (Å²) in [6.45, 7) is 2.09. The van der Waals surface area contributed by atoms with E-state index in [1.807, 2.05) is 0 Å². The van der Waals surface area contributed by atoms with Gasteiger partial charge in [0.2, 0.25) is 0 Å². The molecule has 12 heteroatoms. The number of carbonyl (C=O) groups excluding carboxylic acids is 3. The van der Waals surface area contributed by atoms with Crippen LogP contribution in [0.2, 0.25) is 5.02 Å². The second kappa shape index (κ2) is 11.4. The lowest BCUT2D eigenvalue weighted by molar-refractivity contribution is -0.384. The van der Waals surface area contributed by atoms with Crippen molar-refractivity contribution in [3.63, 3.8) is 0 Å². The van der Waals surface area contributed by atoms with Crippen molar-refractivity contribution in [3.8, 4) is 11.5 Å². The van der Waals surface area contributed by atoms with Crippen molar-refractivity contribution in [2.75, 3.05) is 11.5 Å². The van der Waals surface area contributed by atoms with Gasteiger partial charge >= 0.3 is 6.03 Å². The van der Waals surface area contributed by atoms with E-state index in [4.69, 9.17) is 21.1 Å². The van der Waals surface area contributed by atoms with Gasteiger partial charge in [-0.15, -0.1) is 0 Å². The summed E-state index contributed by atoms with van der Waals surface area (Å²) in [4.78, 5) is 49.5. The number of nitro benzene ring substituents is 1. The number of imide groups is 2. The average molecular weight is 601 g/mol. The highest BCUT2D eigenvalue weighted by molar-refractivity contribution is 9.10. The van der Waals surface area contributed by atoms with E-state index >= 15 is 0 Å². The standard InChI is InChI=1S/C26H19BrClN3O7/c1-2-37-22-13-16(12-21(27)23(22)38-14-15-4-3-5-19(10-15)31(35)36)11-20-24(32)29-26(34)30(25(20)33)18-8-6-17(28)7-9-18/h3-13H,2,14H2,1H3,(H,29,32,34)/b20-11+. The summed E-state index contributed by atoms with van der Waals surface area (Å²) in [5.74, 6) is -1.00. The fourth-order valence-electron chi connectivity index (χ4n) is 3.64. The Bertz CT molecular complexity index is 1470. The van der Waals surface area contributed by atoms with Crippen molar-refractivity contribution in [1.29, 1.82) is 0 Å². The van der Waals surface area contributed by atoms with Crippen molar-refractivity contribution in [1.82, 2.24) is 5.32 Å². The van der Waals surface area contributed by atoms with E-state index in [0.29, 0.717) is 32.1 Å². The molecule has 0 bridgehead atoms. The maximum atomic E-state index is 13.2. The molecule has 38 heavy (non-hydrogen) atoms. The molecule has 10 nitrogen and oxygen atoms in total. The van der Waals surface area contributed by atoms with Crippen LogP contribution in [-0.4, -0.2) is 29.4 Å². The van der Waals surface area contributed by atoms with Crippen LogP contribution >= 0.6 is 27.5 Å². The van der Waals surface area contributed by atoms with Gasteiger partial charge in [-0.2, -0.15) is 0 Å². The van der Waals surface area contributed by atoms with Gasteiger partial charge < -0.3 is 9.47 Å². The Morgan fingerprint density at radius 2 is 1.82 bits per heavy atom. The first-order valence-corrected chi connectivity index (χ1v) is 12.3. The molecular weight excluding hydrogens is 582 g/mol. The molecule has 3 aromatic rings. The lowest BCUT2D eigenvalue weighted by Gasteiger charge is -2.26. The number of barbiturate groups is 1. The van der Waals surface area contributed by atoms with Gasteiger partial charge in [-0.1, -0.05) is 23.7 Å². The van der Waals surface area contributed by atoms with Crippen molar-refractivity contribution < 1.29 is 28.8 Å². The van der Waals surface area contributed by atoms with E-state index in [0.717, 1.165) is 4.90 Å². The zero-order chi connectivity index (χ0) is 27.4. The van der Waals surface area contributed by atoms with Crippen molar-refractivity contribution in [2.24, 2.45) is 0 Å². The first-order chi connectivity index (χ1) is 18.2. The molecule has 0 spiro atoms.